The maximum Gasteiger partial charge on any atom is 0.226 e. The summed E-state index contributed by atoms with van der Waals surface area (Å²) in [6.45, 7) is 1.44. The minimum absolute atomic E-state index is 0.145. The van der Waals surface area contributed by atoms with Gasteiger partial charge in [0, 0.05) is 12.6 Å². The van der Waals surface area contributed by atoms with E-state index in [9.17, 15) is 9.59 Å². The van der Waals surface area contributed by atoms with Gasteiger partial charge in [0.05, 0.1) is 12.5 Å². The van der Waals surface area contributed by atoms with E-state index >= 15 is 0 Å². The van der Waals surface area contributed by atoms with Crippen LogP contribution in [0.3, 0.4) is 0 Å². The van der Waals surface area contributed by atoms with Gasteiger partial charge in [0.1, 0.15) is 11.5 Å². The van der Waals surface area contributed by atoms with Gasteiger partial charge in [-0.15, -0.1) is 0 Å². The van der Waals surface area contributed by atoms with Crippen molar-refractivity contribution in [2.75, 3.05) is 5.32 Å². The molecule has 0 bridgehead atoms. The molecule has 0 aliphatic rings. The highest BCUT2D eigenvalue weighted by atomic mass is 16.5. The average molecular weight is 374 g/mol. The van der Waals surface area contributed by atoms with Gasteiger partial charge in [-0.1, -0.05) is 48.5 Å². The van der Waals surface area contributed by atoms with Crippen LogP contribution in [0.4, 0.5) is 5.69 Å². The number of anilines is 1. The van der Waals surface area contributed by atoms with Crippen molar-refractivity contribution < 1.29 is 14.3 Å². The van der Waals surface area contributed by atoms with Gasteiger partial charge in [0.2, 0.25) is 11.8 Å². The first-order chi connectivity index (χ1) is 13.6. The van der Waals surface area contributed by atoms with Gasteiger partial charge in [0.25, 0.3) is 0 Å². The summed E-state index contributed by atoms with van der Waals surface area (Å²) in [6.07, 6.45) is 0.145. The predicted octanol–water partition coefficient (Wildman–Crippen LogP) is 4.68. The lowest BCUT2D eigenvalue weighted by molar-refractivity contribution is -0.120. The second-order valence-electron chi connectivity index (χ2n) is 6.36. The Morgan fingerprint density at radius 2 is 1.39 bits per heavy atom. The van der Waals surface area contributed by atoms with E-state index in [-0.39, 0.29) is 24.3 Å². The molecule has 0 aliphatic heterocycles. The summed E-state index contributed by atoms with van der Waals surface area (Å²) < 4.78 is 5.74. The molecule has 0 saturated carbocycles. The minimum Gasteiger partial charge on any atom is -0.457 e. The number of para-hydroxylation sites is 1. The molecule has 5 nitrogen and oxygen atoms in total. The molecule has 0 unspecified atom stereocenters. The van der Waals surface area contributed by atoms with Crippen LogP contribution in [0.5, 0.6) is 11.5 Å². The average Bonchev–Trinajstić information content (AvgIpc) is 2.70. The summed E-state index contributed by atoms with van der Waals surface area (Å²) in [7, 11) is 0. The van der Waals surface area contributed by atoms with Crippen molar-refractivity contribution in [3.63, 3.8) is 0 Å². The highest BCUT2D eigenvalue weighted by Gasteiger charge is 2.17. The molecule has 0 spiro atoms. The summed E-state index contributed by atoms with van der Waals surface area (Å²) in [6, 6.07) is 25.7. The van der Waals surface area contributed by atoms with E-state index in [0.717, 1.165) is 11.3 Å². The summed E-state index contributed by atoms with van der Waals surface area (Å²) in [5.74, 6) is 1.08. The lowest BCUT2D eigenvalue weighted by Gasteiger charge is -2.18. The summed E-state index contributed by atoms with van der Waals surface area (Å²) >= 11 is 0. The Labute approximate surface area is 164 Å². The predicted molar refractivity (Wildman–Crippen MR) is 109 cm³/mol. The lowest BCUT2D eigenvalue weighted by atomic mass is 10.0. The fourth-order valence-corrected chi connectivity index (χ4v) is 2.81. The van der Waals surface area contributed by atoms with Gasteiger partial charge in [0.15, 0.2) is 0 Å². The molecule has 1 atom stereocenters. The Balaban J connectivity index is 1.60. The molecule has 2 amide bonds. The second kappa shape index (κ2) is 9.37. The number of amides is 2. The van der Waals surface area contributed by atoms with E-state index in [1.54, 1.807) is 24.3 Å². The van der Waals surface area contributed by atoms with Crippen molar-refractivity contribution in [3.05, 3.63) is 90.5 Å². The Bertz CT molecular complexity index is 910. The van der Waals surface area contributed by atoms with Gasteiger partial charge in [-0.25, -0.2) is 0 Å². The fraction of sp³-hybridized carbons (Fsp3) is 0.130. The monoisotopic (exact) mass is 374 g/mol. The number of rotatable bonds is 7. The van der Waals surface area contributed by atoms with Crippen LogP contribution in [-0.2, 0) is 9.59 Å². The normalized spacial score (nSPS) is 11.3. The standard InChI is InChI=1S/C23H22N2O3/c1-17(26)24-22(18-8-4-2-5-9-18)16-23(27)25-19-12-14-21(15-13-19)28-20-10-6-3-7-11-20/h2-15,22H,16H2,1H3,(H,24,26)(H,25,27)/t22-/m0/s1. The Morgan fingerprint density at radius 1 is 0.821 bits per heavy atom. The van der Waals surface area contributed by atoms with E-state index in [0.29, 0.717) is 11.4 Å². The fourth-order valence-electron chi connectivity index (χ4n) is 2.81. The summed E-state index contributed by atoms with van der Waals surface area (Å²) in [4.78, 5) is 24.0. The summed E-state index contributed by atoms with van der Waals surface area (Å²) in [5, 5.41) is 5.69. The number of ether oxygens (including phenoxy) is 1. The zero-order valence-corrected chi connectivity index (χ0v) is 15.6. The van der Waals surface area contributed by atoms with Crippen LogP contribution >= 0.6 is 0 Å². The van der Waals surface area contributed by atoms with Crippen molar-refractivity contribution >= 4 is 17.5 Å². The molecule has 3 aromatic rings. The SMILES string of the molecule is CC(=O)N[C@@H](CC(=O)Nc1ccc(Oc2ccccc2)cc1)c1ccccc1. The van der Waals surface area contributed by atoms with Crippen molar-refractivity contribution in [2.24, 2.45) is 0 Å². The van der Waals surface area contributed by atoms with E-state index in [2.05, 4.69) is 10.6 Å². The molecule has 0 fully saturated rings. The maximum absolute atomic E-state index is 12.5. The molecule has 28 heavy (non-hydrogen) atoms. The molecule has 0 saturated heterocycles. The third kappa shape index (κ3) is 5.71. The first kappa shape index (κ1) is 19.2. The van der Waals surface area contributed by atoms with Gasteiger partial charge in [-0.05, 0) is 42.0 Å². The van der Waals surface area contributed by atoms with Crippen LogP contribution in [0.1, 0.15) is 24.9 Å². The first-order valence-corrected chi connectivity index (χ1v) is 9.05. The Kier molecular flexibility index (Phi) is 6.41. The van der Waals surface area contributed by atoms with Crippen LogP contribution in [0.15, 0.2) is 84.9 Å². The minimum atomic E-state index is -0.376. The molecule has 0 aromatic heterocycles. The topological polar surface area (TPSA) is 67.4 Å². The molecular weight excluding hydrogens is 352 g/mol. The zero-order chi connectivity index (χ0) is 19.8. The first-order valence-electron chi connectivity index (χ1n) is 9.05. The number of carbonyl (C=O) groups excluding carboxylic acids is 2. The van der Waals surface area contributed by atoms with Gasteiger partial charge < -0.3 is 15.4 Å². The number of hydrogen-bond acceptors (Lipinski definition) is 3. The van der Waals surface area contributed by atoms with Crippen LogP contribution in [-0.4, -0.2) is 11.8 Å². The number of benzene rings is 3. The third-order valence-corrected chi connectivity index (χ3v) is 4.09. The molecular formula is C23H22N2O3. The number of carbonyl (C=O) groups is 2. The highest BCUT2D eigenvalue weighted by Crippen LogP contribution is 2.23. The quantitative estimate of drug-likeness (QED) is 0.631. The number of hydrogen-bond donors (Lipinski definition) is 2. The van der Waals surface area contributed by atoms with Crippen LogP contribution in [0.2, 0.25) is 0 Å². The van der Waals surface area contributed by atoms with E-state index in [1.165, 1.54) is 6.92 Å². The highest BCUT2D eigenvalue weighted by molar-refractivity contribution is 5.91. The molecule has 2 N–H and O–H groups in total. The Hall–Kier alpha value is -3.60. The molecule has 3 aromatic carbocycles. The van der Waals surface area contributed by atoms with Crippen molar-refractivity contribution in [2.45, 2.75) is 19.4 Å². The van der Waals surface area contributed by atoms with Crippen LogP contribution < -0.4 is 15.4 Å². The van der Waals surface area contributed by atoms with E-state index in [4.69, 9.17) is 4.74 Å². The Morgan fingerprint density at radius 3 is 2.00 bits per heavy atom. The van der Waals surface area contributed by atoms with Crippen molar-refractivity contribution in [3.8, 4) is 11.5 Å². The molecule has 0 heterocycles. The second-order valence-corrected chi connectivity index (χ2v) is 6.36. The van der Waals surface area contributed by atoms with E-state index in [1.807, 2.05) is 60.7 Å². The van der Waals surface area contributed by atoms with Gasteiger partial charge >= 0.3 is 0 Å². The van der Waals surface area contributed by atoms with Gasteiger partial charge in [-0.2, -0.15) is 0 Å². The molecule has 0 aliphatic carbocycles. The summed E-state index contributed by atoms with van der Waals surface area (Å²) in [5.41, 5.74) is 1.56. The van der Waals surface area contributed by atoms with Crippen LogP contribution in [0, 0.1) is 0 Å². The molecule has 3 rings (SSSR count). The van der Waals surface area contributed by atoms with Crippen LogP contribution in [0.25, 0.3) is 0 Å². The third-order valence-electron chi connectivity index (χ3n) is 4.09. The zero-order valence-electron chi connectivity index (χ0n) is 15.6. The van der Waals surface area contributed by atoms with E-state index < -0.39 is 0 Å². The molecule has 5 heteroatoms. The smallest absolute Gasteiger partial charge is 0.226 e. The largest absolute Gasteiger partial charge is 0.457 e. The maximum atomic E-state index is 12.5. The van der Waals surface area contributed by atoms with Crippen molar-refractivity contribution in [1.82, 2.24) is 5.32 Å². The van der Waals surface area contributed by atoms with Crippen molar-refractivity contribution in [1.29, 1.82) is 0 Å². The molecule has 142 valence electrons. The molecule has 0 radical (unpaired) electrons. The van der Waals surface area contributed by atoms with Gasteiger partial charge in [-0.3, -0.25) is 9.59 Å². The lowest BCUT2D eigenvalue weighted by Crippen LogP contribution is -2.29. The number of nitrogens with one attached hydrogen (secondary N) is 2.